The Hall–Kier alpha value is -1.91. The van der Waals surface area contributed by atoms with Gasteiger partial charge in [0.2, 0.25) is 5.75 Å². The summed E-state index contributed by atoms with van der Waals surface area (Å²) in [5.74, 6) is -0.112. The quantitative estimate of drug-likeness (QED) is 0.711. The summed E-state index contributed by atoms with van der Waals surface area (Å²) >= 11 is 0. The van der Waals surface area contributed by atoms with Crippen molar-refractivity contribution >= 4 is 12.4 Å². The van der Waals surface area contributed by atoms with Gasteiger partial charge < -0.3 is 20.3 Å². The number of halogens is 1. The van der Waals surface area contributed by atoms with Gasteiger partial charge in [-0.3, -0.25) is 0 Å². The Labute approximate surface area is 137 Å². The molecule has 3 N–H and O–H groups in total. The Morgan fingerprint density at radius 3 is 2.41 bits per heavy atom. The highest BCUT2D eigenvalue weighted by atomic mass is 35.5. The summed E-state index contributed by atoms with van der Waals surface area (Å²) in [6.45, 7) is 2.83. The molecule has 2 aromatic carbocycles. The molecular weight excluding hydrogens is 302 g/mol. The highest BCUT2D eigenvalue weighted by Gasteiger charge is 2.16. The van der Waals surface area contributed by atoms with E-state index in [9.17, 15) is 10.2 Å². The van der Waals surface area contributed by atoms with E-state index in [0.717, 1.165) is 18.5 Å². The highest BCUT2D eigenvalue weighted by molar-refractivity contribution is 5.85. The number of hydrogen-bond donors (Lipinski definition) is 3. The molecular formula is C17H22ClNO3. The minimum Gasteiger partial charge on any atom is -0.504 e. The number of aryl methyl sites for hydroxylation is 1. The Bertz CT molecular complexity index is 587. The first kappa shape index (κ1) is 18.1. The van der Waals surface area contributed by atoms with Crippen LogP contribution < -0.4 is 10.1 Å². The normalized spacial score (nSPS) is 11.5. The lowest BCUT2D eigenvalue weighted by molar-refractivity contribution is 0.186. The maximum Gasteiger partial charge on any atom is 0.200 e. The predicted molar refractivity (Wildman–Crippen MR) is 90.1 cm³/mol. The van der Waals surface area contributed by atoms with E-state index in [-0.39, 0.29) is 35.8 Å². The van der Waals surface area contributed by atoms with E-state index in [2.05, 4.69) is 5.32 Å². The number of aromatic hydroxyl groups is 2. The van der Waals surface area contributed by atoms with Gasteiger partial charge >= 0.3 is 0 Å². The molecule has 0 spiro atoms. The average Bonchev–Trinajstić information content (AvgIpc) is 2.49. The Morgan fingerprint density at radius 2 is 1.77 bits per heavy atom. The van der Waals surface area contributed by atoms with E-state index in [0.29, 0.717) is 0 Å². The lowest BCUT2D eigenvalue weighted by Crippen LogP contribution is -2.16. The predicted octanol–water partition coefficient (Wildman–Crippen LogP) is 3.56. The number of ether oxygens (including phenoxy) is 1. The molecule has 0 saturated heterocycles. The van der Waals surface area contributed by atoms with Crippen LogP contribution in [0.15, 0.2) is 42.5 Å². The van der Waals surface area contributed by atoms with Crippen molar-refractivity contribution in [1.29, 1.82) is 0 Å². The molecule has 1 unspecified atom stereocenters. The summed E-state index contributed by atoms with van der Waals surface area (Å²) in [5.41, 5.74) is 2.23. The fourth-order valence-electron chi connectivity index (χ4n) is 2.11. The second-order valence-electron chi connectivity index (χ2n) is 5.03. The van der Waals surface area contributed by atoms with Crippen LogP contribution in [-0.4, -0.2) is 23.8 Å². The van der Waals surface area contributed by atoms with Crippen molar-refractivity contribution in [3.63, 3.8) is 0 Å². The smallest absolute Gasteiger partial charge is 0.200 e. The van der Waals surface area contributed by atoms with Gasteiger partial charge in [0, 0.05) is 6.42 Å². The zero-order chi connectivity index (χ0) is 15.2. The van der Waals surface area contributed by atoms with Crippen LogP contribution in [0, 0.1) is 6.92 Å². The standard InChI is InChI=1S/C17H21NO3.ClH/c1-12-6-8-13(9-7-12)15(10-11-18-2)21-16-5-3-4-14(19)17(16)20;/h3-9,15,18-20H,10-11H2,1-2H3;1H. The first-order valence-electron chi connectivity index (χ1n) is 7.00. The van der Waals surface area contributed by atoms with Gasteiger partial charge in [0.25, 0.3) is 0 Å². The van der Waals surface area contributed by atoms with Crippen molar-refractivity contribution in [2.24, 2.45) is 0 Å². The topological polar surface area (TPSA) is 61.7 Å². The van der Waals surface area contributed by atoms with Gasteiger partial charge in [0.15, 0.2) is 11.5 Å². The largest absolute Gasteiger partial charge is 0.504 e. The molecule has 0 aromatic heterocycles. The van der Waals surface area contributed by atoms with E-state index in [1.54, 1.807) is 12.1 Å². The number of phenols is 2. The minimum absolute atomic E-state index is 0. The van der Waals surface area contributed by atoms with Crippen LogP contribution in [0.4, 0.5) is 0 Å². The lowest BCUT2D eigenvalue weighted by Gasteiger charge is -2.20. The van der Waals surface area contributed by atoms with Crippen LogP contribution >= 0.6 is 12.4 Å². The number of para-hydroxylation sites is 1. The molecule has 0 aliphatic heterocycles. The van der Waals surface area contributed by atoms with Crippen molar-refractivity contribution in [3.8, 4) is 17.2 Å². The number of hydrogen-bond acceptors (Lipinski definition) is 4. The molecule has 0 saturated carbocycles. The van der Waals surface area contributed by atoms with Gasteiger partial charge in [0.05, 0.1) is 0 Å². The van der Waals surface area contributed by atoms with Gasteiger partial charge in [0.1, 0.15) is 6.10 Å². The van der Waals surface area contributed by atoms with Crippen LogP contribution in [-0.2, 0) is 0 Å². The Balaban J connectivity index is 0.00000242. The molecule has 0 aliphatic rings. The summed E-state index contributed by atoms with van der Waals surface area (Å²) in [6.07, 6.45) is 0.569. The van der Waals surface area contributed by atoms with Crippen molar-refractivity contribution < 1.29 is 14.9 Å². The highest BCUT2D eigenvalue weighted by Crippen LogP contribution is 2.37. The molecule has 0 bridgehead atoms. The molecule has 120 valence electrons. The minimum atomic E-state index is -0.223. The molecule has 4 nitrogen and oxygen atoms in total. The fourth-order valence-corrected chi connectivity index (χ4v) is 2.11. The van der Waals surface area contributed by atoms with E-state index in [1.807, 2.05) is 38.2 Å². The van der Waals surface area contributed by atoms with Gasteiger partial charge in [-0.25, -0.2) is 0 Å². The molecule has 0 heterocycles. The Kier molecular flexibility index (Phi) is 7.02. The van der Waals surface area contributed by atoms with Crippen LogP contribution in [0.3, 0.4) is 0 Å². The molecule has 0 aliphatic carbocycles. The zero-order valence-electron chi connectivity index (χ0n) is 12.7. The zero-order valence-corrected chi connectivity index (χ0v) is 13.6. The van der Waals surface area contributed by atoms with Crippen molar-refractivity contribution in [2.75, 3.05) is 13.6 Å². The third-order valence-electron chi connectivity index (χ3n) is 3.35. The third-order valence-corrected chi connectivity index (χ3v) is 3.35. The molecule has 5 heteroatoms. The van der Waals surface area contributed by atoms with Gasteiger partial charge in [-0.15, -0.1) is 12.4 Å². The number of phenolic OH excluding ortho intramolecular Hbond substituents is 2. The Morgan fingerprint density at radius 1 is 1.09 bits per heavy atom. The number of nitrogens with one attached hydrogen (secondary N) is 1. The summed E-state index contributed by atoms with van der Waals surface area (Å²) in [7, 11) is 1.89. The maximum atomic E-state index is 9.87. The number of rotatable bonds is 6. The molecule has 0 radical (unpaired) electrons. The van der Waals surface area contributed by atoms with E-state index < -0.39 is 0 Å². The first-order chi connectivity index (χ1) is 10.1. The monoisotopic (exact) mass is 323 g/mol. The van der Waals surface area contributed by atoms with Crippen LogP contribution in [0.2, 0.25) is 0 Å². The van der Waals surface area contributed by atoms with E-state index in [1.165, 1.54) is 11.6 Å². The first-order valence-corrected chi connectivity index (χ1v) is 7.00. The van der Waals surface area contributed by atoms with E-state index >= 15 is 0 Å². The second kappa shape index (κ2) is 8.51. The SMILES string of the molecule is CNCCC(Oc1cccc(O)c1O)c1ccc(C)cc1.Cl. The third kappa shape index (κ3) is 4.55. The average molecular weight is 324 g/mol. The molecule has 22 heavy (non-hydrogen) atoms. The molecule has 2 rings (SSSR count). The van der Waals surface area contributed by atoms with Crippen LogP contribution in [0.25, 0.3) is 0 Å². The van der Waals surface area contributed by atoms with Crippen molar-refractivity contribution in [1.82, 2.24) is 5.32 Å². The van der Waals surface area contributed by atoms with Crippen LogP contribution in [0.5, 0.6) is 17.2 Å². The van der Waals surface area contributed by atoms with Crippen LogP contribution in [0.1, 0.15) is 23.7 Å². The molecule has 2 aromatic rings. The molecule has 1 atom stereocenters. The molecule has 0 amide bonds. The summed E-state index contributed by atoms with van der Waals surface area (Å²) in [4.78, 5) is 0. The molecule has 0 fully saturated rings. The fraction of sp³-hybridized carbons (Fsp3) is 0.294. The lowest BCUT2D eigenvalue weighted by atomic mass is 10.0. The second-order valence-corrected chi connectivity index (χ2v) is 5.03. The van der Waals surface area contributed by atoms with Crippen molar-refractivity contribution in [2.45, 2.75) is 19.4 Å². The summed E-state index contributed by atoms with van der Waals surface area (Å²) < 4.78 is 5.90. The van der Waals surface area contributed by atoms with Gasteiger partial charge in [-0.05, 0) is 38.2 Å². The van der Waals surface area contributed by atoms with Gasteiger partial charge in [-0.1, -0.05) is 35.9 Å². The summed E-state index contributed by atoms with van der Waals surface area (Å²) in [5, 5.41) is 22.5. The van der Waals surface area contributed by atoms with E-state index in [4.69, 9.17) is 4.74 Å². The maximum absolute atomic E-state index is 9.87. The summed E-state index contributed by atoms with van der Waals surface area (Å²) in [6, 6.07) is 12.8. The number of benzene rings is 2. The van der Waals surface area contributed by atoms with Crippen molar-refractivity contribution in [3.05, 3.63) is 53.6 Å². The van der Waals surface area contributed by atoms with Gasteiger partial charge in [-0.2, -0.15) is 0 Å².